The van der Waals surface area contributed by atoms with E-state index < -0.39 is 0 Å². The highest BCUT2D eigenvalue weighted by Crippen LogP contribution is 2.35. The van der Waals surface area contributed by atoms with E-state index in [4.69, 9.17) is 9.47 Å². The van der Waals surface area contributed by atoms with Crippen LogP contribution < -0.4 is 14.8 Å². The SMILES string of the molecule is Cc1ccc(C(C)NCc2cccc3c2OCO3)cc1. The second-order valence-electron chi connectivity index (χ2n) is 5.16. The fraction of sp³-hybridized carbons (Fsp3) is 0.294. The summed E-state index contributed by atoms with van der Waals surface area (Å²) in [4.78, 5) is 0. The van der Waals surface area contributed by atoms with Crippen LogP contribution in [-0.2, 0) is 6.54 Å². The van der Waals surface area contributed by atoms with Crippen LogP contribution >= 0.6 is 0 Å². The van der Waals surface area contributed by atoms with Crippen molar-refractivity contribution in [3.05, 3.63) is 59.2 Å². The molecule has 1 aliphatic heterocycles. The minimum absolute atomic E-state index is 0.300. The average molecular weight is 269 g/mol. The van der Waals surface area contributed by atoms with Crippen LogP contribution in [0.3, 0.4) is 0 Å². The Hall–Kier alpha value is -2.00. The summed E-state index contributed by atoms with van der Waals surface area (Å²) in [6.45, 7) is 5.36. The Morgan fingerprint density at radius 1 is 1.10 bits per heavy atom. The van der Waals surface area contributed by atoms with E-state index in [9.17, 15) is 0 Å². The lowest BCUT2D eigenvalue weighted by molar-refractivity contribution is 0.173. The Kier molecular flexibility index (Phi) is 3.61. The van der Waals surface area contributed by atoms with Gasteiger partial charge in [0.15, 0.2) is 11.5 Å². The molecule has 3 rings (SSSR count). The van der Waals surface area contributed by atoms with Crippen LogP contribution in [0.1, 0.15) is 29.7 Å². The summed E-state index contributed by atoms with van der Waals surface area (Å²) in [5.41, 5.74) is 3.71. The topological polar surface area (TPSA) is 30.5 Å². The molecule has 0 radical (unpaired) electrons. The number of ether oxygens (including phenoxy) is 2. The molecule has 0 aliphatic carbocycles. The van der Waals surface area contributed by atoms with E-state index in [-0.39, 0.29) is 0 Å². The van der Waals surface area contributed by atoms with E-state index in [1.54, 1.807) is 0 Å². The van der Waals surface area contributed by atoms with Gasteiger partial charge in [-0.1, -0.05) is 42.0 Å². The number of benzene rings is 2. The highest BCUT2D eigenvalue weighted by molar-refractivity contribution is 5.48. The minimum atomic E-state index is 0.300. The number of nitrogens with one attached hydrogen (secondary N) is 1. The number of fused-ring (bicyclic) bond motifs is 1. The van der Waals surface area contributed by atoms with Gasteiger partial charge in [-0.25, -0.2) is 0 Å². The van der Waals surface area contributed by atoms with Crippen molar-refractivity contribution in [2.24, 2.45) is 0 Å². The standard InChI is InChI=1S/C17H19NO2/c1-12-6-8-14(9-7-12)13(2)18-10-15-4-3-5-16-17(15)20-11-19-16/h3-9,13,18H,10-11H2,1-2H3. The molecule has 0 aromatic heterocycles. The molecule has 0 bridgehead atoms. The van der Waals surface area contributed by atoms with E-state index in [2.05, 4.69) is 49.5 Å². The normalized spacial score (nSPS) is 14.3. The number of aryl methyl sites for hydroxylation is 1. The van der Waals surface area contributed by atoms with Crippen LogP contribution in [0.4, 0.5) is 0 Å². The minimum Gasteiger partial charge on any atom is -0.454 e. The fourth-order valence-electron chi connectivity index (χ4n) is 2.37. The lowest BCUT2D eigenvalue weighted by Gasteiger charge is -2.15. The molecule has 3 heteroatoms. The molecule has 2 aromatic rings. The maximum absolute atomic E-state index is 5.52. The third-order valence-corrected chi connectivity index (χ3v) is 3.65. The molecule has 1 N–H and O–H groups in total. The summed E-state index contributed by atoms with van der Waals surface area (Å²) in [6, 6.07) is 14.9. The van der Waals surface area contributed by atoms with E-state index >= 15 is 0 Å². The molecular formula is C17H19NO2. The molecule has 3 nitrogen and oxygen atoms in total. The molecule has 0 spiro atoms. The smallest absolute Gasteiger partial charge is 0.231 e. The van der Waals surface area contributed by atoms with Crippen molar-refractivity contribution in [3.8, 4) is 11.5 Å². The molecule has 0 fully saturated rings. The Labute approximate surface area is 119 Å². The van der Waals surface area contributed by atoms with Crippen molar-refractivity contribution in [1.82, 2.24) is 5.32 Å². The molecule has 1 unspecified atom stereocenters. The quantitative estimate of drug-likeness (QED) is 0.920. The monoisotopic (exact) mass is 269 g/mol. The summed E-state index contributed by atoms with van der Waals surface area (Å²) in [5.74, 6) is 1.71. The third kappa shape index (κ3) is 2.63. The summed E-state index contributed by atoms with van der Waals surface area (Å²) in [5, 5.41) is 3.53. The van der Waals surface area contributed by atoms with Crippen molar-refractivity contribution < 1.29 is 9.47 Å². The van der Waals surface area contributed by atoms with Gasteiger partial charge in [0.05, 0.1) is 0 Å². The summed E-state index contributed by atoms with van der Waals surface area (Å²) in [6.07, 6.45) is 0. The molecule has 1 atom stereocenters. The van der Waals surface area contributed by atoms with E-state index in [1.807, 2.05) is 12.1 Å². The van der Waals surface area contributed by atoms with E-state index in [0.29, 0.717) is 12.8 Å². The zero-order valence-electron chi connectivity index (χ0n) is 11.8. The van der Waals surface area contributed by atoms with Crippen molar-refractivity contribution in [3.63, 3.8) is 0 Å². The summed E-state index contributed by atoms with van der Waals surface area (Å²) >= 11 is 0. The largest absolute Gasteiger partial charge is 0.454 e. The Morgan fingerprint density at radius 2 is 1.90 bits per heavy atom. The van der Waals surface area contributed by atoms with Gasteiger partial charge >= 0.3 is 0 Å². The Morgan fingerprint density at radius 3 is 2.70 bits per heavy atom. The Bertz CT molecular complexity index is 592. The molecule has 104 valence electrons. The van der Waals surface area contributed by atoms with Gasteiger partial charge in [0, 0.05) is 18.2 Å². The van der Waals surface area contributed by atoms with Gasteiger partial charge in [0.1, 0.15) is 0 Å². The van der Waals surface area contributed by atoms with Crippen LogP contribution in [0, 0.1) is 6.92 Å². The predicted octanol–water partition coefficient (Wildman–Crippen LogP) is 3.57. The maximum atomic E-state index is 5.52. The molecule has 20 heavy (non-hydrogen) atoms. The number of para-hydroxylation sites is 1. The highest BCUT2D eigenvalue weighted by Gasteiger charge is 2.17. The predicted molar refractivity (Wildman–Crippen MR) is 79.0 cm³/mol. The van der Waals surface area contributed by atoms with Crippen molar-refractivity contribution >= 4 is 0 Å². The van der Waals surface area contributed by atoms with Crippen LogP contribution in [0.2, 0.25) is 0 Å². The van der Waals surface area contributed by atoms with Crippen molar-refractivity contribution in [2.45, 2.75) is 26.4 Å². The first-order valence-electron chi connectivity index (χ1n) is 6.91. The maximum Gasteiger partial charge on any atom is 0.231 e. The second-order valence-corrected chi connectivity index (χ2v) is 5.16. The van der Waals surface area contributed by atoms with Gasteiger partial charge in [-0.2, -0.15) is 0 Å². The lowest BCUT2D eigenvalue weighted by atomic mass is 10.1. The van der Waals surface area contributed by atoms with Crippen LogP contribution in [0.15, 0.2) is 42.5 Å². The first kappa shape index (κ1) is 13.0. The van der Waals surface area contributed by atoms with E-state index in [1.165, 1.54) is 11.1 Å². The zero-order chi connectivity index (χ0) is 13.9. The van der Waals surface area contributed by atoms with Gasteiger partial charge in [-0.3, -0.25) is 0 Å². The number of hydrogen-bond donors (Lipinski definition) is 1. The van der Waals surface area contributed by atoms with Crippen molar-refractivity contribution in [1.29, 1.82) is 0 Å². The third-order valence-electron chi connectivity index (χ3n) is 3.65. The fourth-order valence-corrected chi connectivity index (χ4v) is 2.37. The van der Waals surface area contributed by atoms with Gasteiger partial charge in [-0.15, -0.1) is 0 Å². The zero-order valence-corrected chi connectivity index (χ0v) is 11.8. The molecular weight excluding hydrogens is 250 g/mol. The first-order chi connectivity index (χ1) is 9.74. The lowest BCUT2D eigenvalue weighted by Crippen LogP contribution is -2.18. The molecule has 0 saturated heterocycles. The Balaban J connectivity index is 1.68. The molecule has 2 aromatic carbocycles. The van der Waals surface area contributed by atoms with E-state index in [0.717, 1.165) is 23.6 Å². The number of hydrogen-bond acceptors (Lipinski definition) is 3. The molecule has 1 aliphatic rings. The average Bonchev–Trinajstić information content (AvgIpc) is 2.94. The van der Waals surface area contributed by atoms with Gasteiger partial charge in [0.25, 0.3) is 0 Å². The molecule has 1 heterocycles. The van der Waals surface area contributed by atoms with Crippen molar-refractivity contribution in [2.75, 3.05) is 6.79 Å². The van der Waals surface area contributed by atoms with Gasteiger partial charge < -0.3 is 14.8 Å². The summed E-state index contributed by atoms with van der Waals surface area (Å²) < 4.78 is 10.9. The van der Waals surface area contributed by atoms with Gasteiger partial charge in [-0.05, 0) is 25.5 Å². The van der Waals surface area contributed by atoms with Crippen LogP contribution in [0.25, 0.3) is 0 Å². The highest BCUT2D eigenvalue weighted by atomic mass is 16.7. The van der Waals surface area contributed by atoms with Gasteiger partial charge in [0.2, 0.25) is 6.79 Å². The number of rotatable bonds is 4. The second kappa shape index (κ2) is 5.55. The van der Waals surface area contributed by atoms with Crippen LogP contribution in [0.5, 0.6) is 11.5 Å². The van der Waals surface area contributed by atoms with Crippen LogP contribution in [-0.4, -0.2) is 6.79 Å². The molecule has 0 amide bonds. The summed E-state index contributed by atoms with van der Waals surface area (Å²) in [7, 11) is 0. The molecule has 0 saturated carbocycles. The first-order valence-corrected chi connectivity index (χ1v) is 6.91.